The molecule has 1 fully saturated rings. The quantitative estimate of drug-likeness (QED) is 0.918. The van der Waals surface area contributed by atoms with E-state index in [-0.39, 0.29) is 0 Å². The van der Waals surface area contributed by atoms with Crippen molar-refractivity contribution in [2.75, 3.05) is 24.5 Å². The van der Waals surface area contributed by atoms with E-state index in [4.69, 9.17) is 5.73 Å². The van der Waals surface area contributed by atoms with Crippen LogP contribution in [0.25, 0.3) is 11.5 Å². The Bertz CT molecular complexity index is 592. The Kier molecular flexibility index (Phi) is 4.06. The molecule has 21 heavy (non-hydrogen) atoms. The van der Waals surface area contributed by atoms with Gasteiger partial charge in [-0.1, -0.05) is 0 Å². The van der Waals surface area contributed by atoms with Crippen LogP contribution in [0.4, 0.5) is 5.82 Å². The number of aromatic nitrogens is 4. The normalized spacial score (nSPS) is 16.2. The lowest BCUT2D eigenvalue weighted by molar-refractivity contribution is 0.413. The second-order valence-corrected chi connectivity index (χ2v) is 5.45. The van der Waals surface area contributed by atoms with E-state index in [0.717, 1.165) is 44.0 Å². The Morgan fingerprint density at radius 1 is 1.24 bits per heavy atom. The summed E-state index contributed by atoms with van der Waals surface area (Å²) in [5.74, 6) is 2.25. The first kappa shape index (κ1) is 13.9. The van der Waals surface area contributed by atoms with Gasteiger partial charge in [0.15, 0.2) is 5.82 Å². The van der Waals surface area contributed by atoms with Crippen LogP contribution in [0.2, 0.25) is 0 Å². The summed E-state index contributed by atoms with van der Waals surface area (Å²) in [7, 11) is 0. The van der Waals surface area contributed by atoms with Gasteiger partial charge in [0.1, 0.15) is 11.5 Å². The van der Waals surface area contributed by atoms with E-state index < -0.39 is 0 Å². The highest BCUT2D eigenvalue weighted by molar-refractivity contribution is 5.52. The molecule has 0 aliphatic carbocycles. The van der Waals surface area contributed by atoms with Crippen LogP contribution in [0.15, 0.2) is 24.7 Å². The highest BCUT2D eigenvalue weighted by atomic mass is 15.2. The molecule has 3 heterocycles. The molecule has 1 aliphatic rings. The molecule has 1 aliphatic heterocycles. The Labute approximate surface area is 124 Å². The first-order valence-corrected chi connectivity index (χ1v) is 7.33. The van der Waals surface area contributed by atoms with E-state index in [2.05, 4.69) is 24.8 Å². The molecule has 2 aromatic heterocycles. The number of nitrogens with two attached hydrogens (primary N) is 1. The Morgan fingerprint density at radius 3 is 2.71 bits per heavy atom. The largest absolute Gasteiger partial charge is 0.356 e. The van der Waals surface area contributed by atoms with Gasteiger partial charge < -0.3 is 10.6 Å². The molecule has 0 unspecified atom stereocenters. The van der Waals surface area contributed by atoms with Crippen LogP contribution in [0, 0.1) is 12.8 Å². The van der Waals surface area contributed by atoms with Crippen LogP contribution >= 0.6 is 0 Å². The summed E-state index contributed by atoms with van der Waals surface area (Å²) in [5, 5.41) is 0. The van der Waals surface area contributed by atoms with Gasteiger partial charge in [0.05, 0.1) is 6.20 Å². The van der Waals surface area contributed by atoms with Crippen LogP contribution in [-0.2, 0) is 0 Å². The SMILES string of the molecule is Cc1cc(N2CCC(CN)CC2)nc(-c2cnccn2)n1. The van der Waals surface area contributed by atoms with Gasteiger partial charge in [0.2, 0.25) is 0 Å². The molecule has 0 spiro atoms. The molecule has 2 N–H and O–H groups in total. The molecule has 0 radical (unpaired) electrons. The fraction of sp³-hybridized carbons (Fsp3) is 0.467. The van der Waals surface area contributed by atoms with E-state index in [1.165, 1.54) is 0 Å². The van der Waals surface area contributed by atoms with Gasteiger partial charge in [-0.3, -0.25) is 4.98 Å². The molecular formula is C15H20N6. The summed E-state index contributed by atoms with van der Waals surface area (Å²) in [6.45, 7) is 4.76. The zero-order valence-electron chi connectivity index (χ0n) is 12.2. The molecule has 0 aromatic carbocycles. The Hall–Kier alpha value is -2.08. The van der Waals surface area contributed by atoms with Crippen LogP contribution in [0.1, 0.15) is 18.5 Å². The third kappa shape index (κ3) is 3.16. The minimum atomic E-state index is 0.638. The second kappa shape index (κ2) is 6.13. The maximum atomic E-state index is 5.75. The van der Waals surface area contributed by atoms with Crippen molar-refractivity contribution in [2.45, 2.75) is 19.8 Å². The minimum absolute atomic E-state index is 0.638. The monoisotopic (exact) mass is 284 g/mol. The molecule has 0 amide bonds. The first-order valence-electron chi connectivity index (χ1n) is 7.33. The average molecular weight is 284 g/mol. The van der Waals surface area contributed by atoms with Gasteiger partial charge in [0.25, 0.3) is 0 Å². The topological polar surface area (TPSA) is 80.8 Å². The Balaban J connectivity index is 1.85. The van der Waals surface area contributed by atoms with Crippen molar-refractivity contribution in [1.82, 2.24) is 19.9 Å². The summed E-state index contributed by atoms with van der Waals surface area (Å²) in [6, 6.07) is 2.03. The fourth-order valence-corrected chi connectivity index (χ4v) is 2.64. The first-order chi connectivity index (χ1) is 10.3. The maximum absolute atomic E-state index is 5.75. The van der Waals surface area contributed by atoms with Gasteiger partial charge in [-0.25, -0.2) is 15.0 Å². The highest BCUT2D eigenvalue weighted by Gasteiger charge is 2.20. The molecule has 3 rings (SSSR count). The standard InChI is InChI=1S/C15H20N6/c1-11-8-14(21-6-2-12(9-16)3-7-21)20-15(19-11)13-10-17-4-5-18-13/h4-5,8,10,12H,2-3,6-7,9,16H2,1H3. The van der Waals surface area contributed by atoms with Crippen molar-refractivity contribution in [3.8, 4) is 11.5 Å². The summed E-state index contributed by atoms with van der Waals surface area (Å²) >= 11 is 0. The number of anilines is 1. The lowest BCUT2D eigenvalue weighted by Gasteiger charge is -2.32. The molecular weight excluding hydrogens is 264 g/mol. The number of nitrogens with zero attached hydrogens (tertiary/aromatic N) is 5. The summed E-state index contributed by atoms with van der Waals surface area (Å²) in [4.78, 5) is 19.8. The zero-order chi connectivity index (χ0) is 14.7. The molecule has 6 nitrogen and oxygen atoms in total. The van der Waals surface area contributed by atoms with Crippen molar-refractivity contribution in [3.63, 3.8) is 0 Å². The summed E-state index contributed by atoms with van der Waals surface area (Å²) in [6.07, 6.45) is 7.25. The molecule has 1 saturated heterocycles. The van der Waals surface area contributed by atoms with Gasteiger partial charge in [-0.05, 0) is 32.2 Å². The number of rotatable bonds is 3. The van der Waals surface area contributed by atoms with E-state index in [0.29, 0.717) is 17.4 Å². The Morgan fingerprint density at radius 2 is 2.05 bits per heavy atom. The summed E-state index contributed by atoms with van der Waals surface area (Å²) in [5.41, 5.74) is 7.41. The smallest absolute Gasteiger partial charge is 0.182 e. The van der Waals surface area contributed by atoms with E-state index in [9.17, 15) is 0 Å². The van der Waals surface area contributed by atoms with Crippen LogP contribution in [0.5, 0.6) is 0 Å². The molecule has 110 valence electrons. The van der Waals surface area contributed by atoms with Crippen molar-refractivity contribution in [2.24, 2.45) is 11.7 Å². The number of hydrogen-bond donors (Lipinski definition) is 1. The average Bonchev–Trinajstić information content (AvgIpc) is 2.55. The van der Waals surface area contributed by atoms with Gasteiger partial charge in [-0.2, -0.15) is 0 Å². The molecule has 0 saturated carbocycles. The lowest BCUT2D eigenvalue weighted by atomic mass is 9.97. The van der Waals surface area contributed by atoms with E-state index >= 15 is 0 Å². The number of aryl methyl sites for hydroxylation is 1. The minimum Gasteiger partial charge on any atom is -0.356 e. The van der Waals surface area contributed by atoms with Crippen molar-refractivity contribution in [1.29, 1.82) is 0 Å². The number of piperidine rings is 1. The van der Waals surface area contributed by atoms with Gasteiger partial charge in [-0.15, -0.1) is 0 Å². The van der Waals surface area contributed by atoms with Crippen LogP contribution in [0.3, 0.4) is 0 Å². The fourth-order valence-electron chi connectivity index (χ4n) is 2.64. The van der Waals surface area contributed by atoms with E-state index in [1.807, 2.05) is 13.0 Å². The second-order valence-electron chi connectivity index (χ2n) is 5.45. The predicted octanol–water partition coefficient (Wildman–Crippen LogP) is 1.42. The molecule has 2 aromatic rings. The zero-order valence-corrected chi connectivity index (χ0v) is 12.2. The predicted molar refractivity (Wildman–Crippen MR) is 81.8 cm³/mol. The highest BCUT2D eigenvalue weighted by Crippen LogP contribution is 2.23. The van der Waals surface area contributed by atoms with Crippen molar-refractivity contribution in [3.05, 3.63) is 30.4 Å². The lowest BCUT2D eigenvalue weighted by Crippen LogP contribution is -2.36. The molecule has 0 atom stereocenters. The number of hydrogen-bond acceptors (Lipinski definition) is 6. The van der Waals surface area contributed by atoms with Crippen LogP contribution < -0.4 is 10.6 Å². The summed E-state index contributed by atoms with van der Waals surface area (Å²) < 4.78 is 0. The third-order valence-electron chi connectivity index (χ3n) is 3.90. The van der Waals surface area contributed by atoms with Gasteiger partial charge in [0, 0.05) is 37.2 Å². The van der Waals surface area contributed by atoms with Crippen molar-refractivity contribution >= 4 is 5.82 Å². The van der Waals surface area contributed by atoms with E-state index in [1.54, 1.807) is 18.6 Å². The van der Waals surface area contributed by atoms with Gasteiger partial charge >= 0.3 is 0 Å². The molecule has 6 heteroatoms. The third-order valence-corrected chi connectivity index (χ3v) is 3.90. The van der Waals surface area contributed by atoms with Crippen molar-refractivity contribution < 1.29 is 0 Å². The molecule has 0 bridgehead atoms. The maximum Gasteiger partial charge on any atom is 0.182 e. The van der Waals surface area contributed by atoms with Crippen LogP contribution in [-0.4, -0.2) is 39.6 Å².